The van der Waals surface area contributed by atoms with Crippen LogP contribution in [-0.4, -0.2) is 51.7 Å². The Hall–Kier alpha value is -2.51. The van der Waals surface area contributed by atoms with Crippen LogP contribution >= 0.6 is 11.3 Å². The second-order valence-electron chi connectivity index (χ2n) is 7.19. The summed E-state index contributed by atoms with van der Waals surface area (Å²) >= 11 is 1.99. The van der Waals surface area contributed by atoms with Crippen LogP contribution in [0.2, 0.25) is 0 Å². The van der Waals surface area contributed by atoms with Crippen LogP contribution in [0, 0.1) is 0 Å². The van der Waals surface area contributed by atoms with E-state index in [0.29, 0.717) is 17.6 Å². The largest absolute Gasteiger partial charge is 0.478 e. The number of rotatable bonds is 3. The Morgan fingerprint density at radius 3 is 2.37 bits per heavy atom. The van der Waals surface area contributed by atoms with Gasteiger partial charge in [0.2, 0.25) is 0 Å². The monoisotopic (exact) mass is 384 g/mol. The summed E-state index contributed by atoms with van der Waals surface area (Å²) in [5.74, 6) is -2.51. The van der Waals surface area contributed by atoms with Gasteiger partial charge in [0.05, 0.1) is 5.69 Å². The zero-order valence-electron chi connectivity index (χ0n) is 14.7. The summed E-state index contributed by atoms with van der Waals surface area (Å²) in [6, 6.07) is 8.76. The predicted octanol–water partition coefficient (Wildman–Crippen LogP) is 2.77. The van der Waals surface area contributed by atoms with Crippen LogP contribution in [0.5, 0.6) is 0 Å². The van der Waals surface area contributed by atoms with Gasteiger partial charge < -0.3 is 15.1 Å². The van der Waals surface area contributed by atoms with Gasteiger partial charge in [0.25, 0.3) is 0 Å². The highest BCUT2D eigenvalue weighted by Crippen LogP contribution is 2.48. The molecule has 2 fully saturated rings. The number of thiazole rings is 1. The van der Waals surface area contributed by atoms with Crippen molar-refractivity contribution in [1.29, 1.82) is 0 Å². The average molecular weight is 384 g/mol. The van der Waals surface area contributed by atoms with Crippen molar-refractivity contribution in [3.63, 3.8) is 0 Å². The molecule has 2 aromatic rings. The molecule has 1 aliphatic carbocycles. The number of piperidine rings is 1. The summed E-state index contributed by atoms with van der Waals surface area (Å²) in [5.41, 5.74) is 4.53. The number of carbonyl (C=O) groups is 2. The van der Waals surface area contributed by atoms with E-state index in [1.54, 1.807) is 0 Å². The molecule has 1 aromatic heterocycles. The molecule has 2 bridgehead atoms. The van der Waals surface area contributed by atoms with Crippen molar-refractivity contribution in [2.75, 3.05) is 19.6 Å². The Kier molecular flexibility index (Phi) is 4.57. The van der Waals surface area contributed by atoms with E-state index in [9.17, 15) is 9.59 Å². The van der Waals surface area contributed by atoms with Crippen molar-refractivity contribution >= 4 is 23.3 Å². The van der Waals surface area contributed by atoms with Gasteiger partial charge in [0, 0.05) is 41.0 Å². The predicted molar refractivity (Wildman–Crippen MR) is 102 cm³/mol. The van der Waals surface area contributed by atoms with Gasteiger partial charge in [-0.05, 0) is 31.5 Å². The van der Waals surface area contributed by atoms with Crippen molar-refractivity contribution in [2.24, 2.45) is 0 Å². The first kappa shape index (κ1) is 17.9. The first-order chi connectivity index (χ1) is 13.0. The molecule has 5 rings (SSSR count). The summed E-state index contributed by atoms with van der Waals surface area (Å²) < 4.78 is 0. The van der Waals surface area contributed by atoms with Crippen molar-refractivity contribution in [1.82, 2.24) is 9.88 Å². The highest BCUT2D eigenvalue weighted by Gasteiger charge is 2.47. The van der Waals surface area contributed by atoms with E-state index < -0.39 is 11.9 Å². The van der Waals surface area contributed by atoms with Crippen LogP contribution in [0.1, 0.15) is 28.3 Å². The van der Waals surface area contributed by atoms with E-state index in [2.05, 4.69) is 29.2 Å². The van der Waals surface area contributed by atoms with E-state index in [0.717, 1.165) is 6.42 Å². The van der Waals surface area contributed by atoms with Crippen LogP contribution < -0.4 is 0 Å². The van der Waals surface area contributed by atoms with Gasteiger partial charge in [-0.3, -0.25) is 0 Å². The molecular weight excluding hydrogens is 364 g/mol. The summed E-state index contributed by atoms with van der Waals surface area (Å²) in [5, 5.41) is 17.0. The number of carboxylic acid groups (broad SMARTS) is 2. The molecule has 0 spiro atoms. The number of carboxylic acids is 2. The molecule has 1 aromatic carbocycles. The van der Waals surface area contributed by atoms with E-state index in [-0.39, 0.29) is 0 Å². The lowest BCUT2D eigenvalue weighted by Crippen LogP contribution is -2.24. The smallest absolute Gasteiger partial charge is 0.328 e. The summed E-state index contributed by atoms with van der Waals surface area (Å²) in [6.07, 6.45) is 4.86. The van der Waals surface area contributed by atoms with Crippen LogP contribution in [0.3, 0.4) is 0 Å². The SMILES string of the molecule is O=C(O)/C=C/C(=O)O.c1ccc2c(c1)Cc1sc(C34CCN(CC3)C4)nc1-2. The molecule has 6 nitrogen and oxygen atoms in total. The van der Waals surface area contributed by atoms with Crippen LogP contribution in [0.4, 0.5) is 0 Å². The standard InChI is InChI=1S/C16H16N2S.C4H4O4/c1-2-4-12-11(3-1)9-13-14(12)17-15(19-13)16-5-7-18(10-16)8-6-16;5-3(6)1-2-4(7)8/h1-4H,5-10H2;1-2H,(H,5,6)(H,7,8)/b;2-1+. The topological polar surface area (TPSA) is 90.7 Å². The molecule has 0 saturated carbocycles. The third-order valence-electron chi connectivity index (χ3n) is 5.48. The van der Waals surface area contributed by atoms with Gasteiger partial charge in [-0.1, -0.05) is 24.3 Å². The molecule has 2 saturated heterocycles. The van der Waals surface area contributed by atoms with Gasteiger partial charge in [-0.25, -0.2) is 14.6 Å². The number of aliphatic carboxylic acids is 2. The molecule has 3 heterocycles. The number of aromatic nitrogens is 1. The first-order valence-corrected chi connectivity index (χ1v) is 9.73. The molecule has 140 valence electrons. The van der Waals surface area contributed by atoms with E-state index >= 15 is 0 Å². The molecule has 3 aliphatic rings. The maximum atomic E-state index is 9.55. The lowest BCUT2D eigenvalue weighted by Gasteiger charge is -2.22. The van der Waals surface area contributed by atoms with E-state index in [1.165, 1.54) is 59.2 Å². The van der Waals surface area contributed by atoms with E-state index in [4.69, 9.17) is 15.2 Å². The number of hydrogen-bond acceptors (Lipinski definition) is 5. The summed E-state index contributed by atoms with van der Waals surface area (Å²) in [4.78, 5) is 28.3. The Labute approximate surface area is 160 Å². The fraction of sp³-hybridized carbons (Fsp3) is 0.350. The van der Waals surface area contributed by atoms with Gasteiger partial charge in [-0.15, -0.1) is 11.3 Å². The number of fused-ring (bicyclic) bond motifs is 5. The molecule has 0 radical (unpaired) electrons. The van der Waals surface area contributed by atoms with Gasteiger partial charge in [0.1, 0.15) is 5.01 Å². The van der Waals surface area contributed by atoms with Crippen LogP contribution in [0.15, 0.2) is 36.4 Å². The Bertz CT molecular complexity index is 910. The quantitative estimate of drug-likeness (QED) is 0.675. The highest BCUT2D eigenvalue weighted by molar-refractivity contribution is 7.12. The van der Waals surface area contributed by atoms with Crippen molar-refractivity contribution in [3.05, 3.63) is 51.9 Å². The maximum absolute atomic E-state index is 9.55. The first-order valence-electron chi connectivity index (χ1n) is 8.92. The third-order valence-corrected chi connectivity index (χ3v) is 6.78. The lowest BCUT2D eigenvalue weighted by atomic mass is 9.85. The number of benzene rings is 1. The van der Waals surface area contributed by atoms with Crippen LogP contribution in [0.25, 0.3) is 11.3 Å². The Morgan fingerprint density at radius 2 is 1.78 bits per heavy atom. The van der Waals surface area contributed by atoms with Crippen molar-refractivity contribution in [3.8, 4) is 11.3 Å². The summed E-state index contributed by atoms with van der Waals surface area (Å²) in [7, 11) is 0. The average Bonchev–Trinajstić information content (AvgIpc) is 3.39. The molecule has 0 amide bonds. The highest BCUT2D eigenvalue weighted by atomic mass is 32.1. The van der Waals surface area contributed by atoms with Gasteiger partial charge in [0.15, 0.2) is 0 Å². The fourth-order valence-electron chi connectivity index (χ4n) is 4.14. The van der Waals surface area contributed by atoms with Crippen molar-refractivity contribution < 1.29 is 19.8 Å². The minimum atomic E-state index is -1.26. The zero-order valence-corrected chi connectivity index (χ0v) is 15.5. The molecule has 27 heavy (non-hydrogen) atoms. The van der Waals surface area contributed by atoms with Gasteiger partial charge in [-0.2, -0.15) is 0 Å². The Balaban J connectivity index is 0.000000195. The summed E-state index contributed by atoms with van der Waals surface area (Å²) in [6.45, 7) is 3.81. The maximum Gasteiger partial charge on any atom is 0.328 e. The molecule has 0 unspecified atom stereocenters. The molecular formula is C20H20N2O4S. The van der Waals surface area contributed by atoms with E-state index in [1.807, 2.05) is 11.3 Å². The third kappa shape index (κ3) is 3.40. The minimum Gasteiger partial charge on any atom is -0.478 e. The normalized spacial score (nSPS) is 24.4. The molecule has 0 atom stereocenters. The van der Waals surface area contributed by atoms with Crippen molar-refractivity contribution in [2.45, 2.75) is 24.7 Å². The number of nitrogens with zero attached hydrogens (tertiary/aromatic N) is 2. The number of hydrogen-bond donors (Lipinski definition) is 2. The zero-order chi connectivity index (χ0) is 19.0. The fourth-order valence-corrected chi connectivity index (χ4v) is 5.47. The van der Waals surface area contributed by atoms with Gasteiger partial charge >= 0.3 is 11.9 Å². The molecule has 2 N–H and O–H groups in total. The van der Waals surface area contributed by atoms with Crippen LogP contribution in [-0.2, 0) is 21.4 Å². The second-order valence-corrected chi connectivity index (χ2v) is 8.27. The minimum absolute atomic E-state index is 0.407. The molecule has 7 heteroatoms. The second kappa shape index (κ2) is 6.90. The lowest BCUT2D eigenvalue weighted by molar-refractivity contribution is -0.134. The Morgan fingerprint density at radius 1 is 1.11 bits per heavy atom. The molecule has 2 aliphatic heterocycles.